The molecule has 0 aliphatic carbocycles. The molecule has 2 aromatic rings. The molecule has 0 aliphatic heterocycles. The van der Waals surface area contributed by atoms with Crippen molar-refractivity contribution in [2.75, 3.05) is 6.54 Å². The third-order valence-corrected chi connectivity index (χ3v) is 3.74. The number of hydrogen-bond acceptors (Lipinski definition) is 1. The highest BCUT2D eigenvalue weighted by Gasteiger charge is 2.09. The summed E-state index contributed by atoms with van der Waals surface area (Å²) in [4.78, 5) is 0. The largest absolute Gasteiger partial charge is 0.346 e. The van der Waals surface area contributed by atoms with Crippen molar-refractivity contribution in [3.63, 3.8) is 0 Å². The highest BCUT2D eigenvalue weighted by atomic mass is 15.0. The molecule has 2 heteroatoms. The van der Waals surface area contributed by atoms with Crippen LogP contribution in [0.25, 0.3) is 0 Å². The molecule has 1 heterocycles. The predicted octanol–water partition coefficient (Wildman–Crippen LogP) is 3.82. The molecule has 0 saturated heterocycles. The van der Waals surface area contributed by atoms with Gasteiger partial charge in [0.15, 0.2) is 0 Å². The second-order valence-corrected chi connectivity index (χ2v) is 5.26. The summed E-state index contributed by atoms with van der Waals surface area (Å²) in [6.07, 6.45) is 2.17. The predicted molar refractivity (Wildman–Crippen MR) is 81.5 cm³/mol. The number of aromatic nitrogens is 1. The Bertz CT molecular complexity index is 540. The van der Waals surface area contributed by atoms with E-state index < -0.39 is 0 Å². The Hall–Kier alpha value is -1.54. The number of nitrogens with zero attached hydrogens (tertiary/aromatic N) is 1. The standard InChI is InChI=1S/C17H24N2/c1-5-18-15(4)17-7-6-10-19(17)12-16-9-8-13(2)14(3)11-16/h6-11,15,18H,5,12H2,1-4H3. The summed E-state index contributed by atoms with van der Waals surface area (Å²) in [7, 11) is 0. The van der Waals surface area contributed by atoms with Crippen molar-refractivity contribution >= 4 is 0 Å². The van der Waals surface area contributed by atoms with Crippen molar-refractivity contribution in [1.82, 2.24) is 9.88 Å². The zero-order chi connectivity index (χ0) is 13.8. The Morgan fingerprint density at radius 3 is 2.63 bits per heavy atom. The Morgan fingerprint density at radius 1 is 1.16 bits per heavy atom. The summed E-state index contributed by atoms with van der Waals surface area (Å²) in [6.45, 7) is 10.6. The van der Waals surface area contributed by atoms with Crippen LogP contribution < -0.4 is 5.32 Å². The molecule has 1 unspecified atom stereocenters. The van der Waals surface area contributed by atoms with Gasteiger partial charge in [-0.3, -0.25) is 0 Å². The van der Waals surface area contributed by atoms with E-state index in [-0.39, 0.29) is 0 Å². The molecule has 1 N–H and O–H groups in total. The molecule has 2 nitrogen and oxygen atoms in total. The van der Waals surface area contributed by atoms with Crippen molar-refractivity contribution in [2.24, 2.45) is 0 Å². The fraction of sp³-hybridized carbons (Fsp3) is 0.412. The van der Waals surface area contributed by atoms with Gasteiger partial charge in [-0.1, -0.05) is 25.1 Å². The molecule has 2 rings (SSSR count). The van der Waals surface area contributed by atoms with Gasteiger partial charge in [0.2, 0.25) is 0 Å². The number of benzene rings is 1. The van der Waals surface area contributed by atoms with Gasteiger partial charge in [-0.05, 0) is 56.1 Å². The maximum absolute atomic E-state index is 3.47. The molecule has 0 spiro atoms. The van der Waals surface area contributed by atoms with Crippen molar-refractivity contribution < 1.29 is 0 Å². The molecule has 102 valence electrons. The van der Waals surface area contributed by atoms with E-state index in [9.17, 15) is 0 Å². The van der Waals surface area contributed by atoms with Crippen LogP contribution in [0, 0.1) is 13.8 Å². The van der Waals surface area contributed by atoms with Crippen LogP contribution in [0.2, 0.25) is 0 Å². The molecular formula is C17H24N2. The number of hydrogen-bond donors (Lipinski definition) is 1. The first-order valence-electron chi connectivity index (χ1n) is 7.06. The molecule has 0 saturated carbocycles. The minimum absolute atomic E-state index is 0.395. The first kappa shape index (κ1) is 13.9. The number of rotatable bonds is 5. The third kappa shape index (κ3) is 3.27. The SMILES string of the molecule is CCNC(C)c1cccn1Cc1ccc(C)c(C)c1. The second kappa shape index (κ2) is 6.07. The summed E-state index contributed by atoms with van der Waals surface area (Å²) >= 11 is 0. The van der Waals surface area contributed by atoms with Gasteiger partial charge in [0.25, 0.3) is 0 Å². The van der Waals surface area contributed by atoms with Gasteiger partial charge in [-0.2, -0.15) is 0 Å². The van der Waals surface area contributed by atoms with Crippen LogP contribution in [0.15, 0.2) is 36.5 Å². The summed E-state index contributed by atoms with van der Waals surface area (Å²) in [6, 6.07) is 11.5. The molecule has 0 amide bonds. The maximum Gasteiger partial charge on any atom is 0.0473 e. The molecule has 0 aliphatic rings. The van der Waals surface area contributed by atoms with Crippen molar-refractivity contribution in [3.05, 3.63) is 58.9 Å². The summed E-state index contributed by atoms with van der Waals surface area (Å²) in [5.74, 6) is 0. The average molecular weight is 256 g/mol. The van der Waals surface area contributed by atoms with E-state index in [1.807, 2.05) is 0 Å². The topological polar surface area (TPSA) is 17.0 Å². The van der Waals surface area contributed by atoms with Crippen LogP contribution in [-0.4, -0.2) is 11.1 Å². The lowest BCUT2D eigenvalue weighted by molar-refractivity contribution is 0.553. The van der Waals surface area contributed by atoms with Gasteiger partial charge < -0.3 is 9.88 Å². The summed E-state index contributed by atoms with van der Waals surface area (Å²) < 4.78 is 2.33. The maximum atomic E-state index is 3.47. The summed E-state index contributed by atoms with van der Waals surface area (Å²) in [5.41, 5.74) is 5.44. The van der Waals surface area contributed by atoms with Gasteiger partial charge in [-0.15, -0.1) is 0 Å². The van der Waals surface area contributed by atoms with E-state index in [1.165, 1.54) is 22.4 Å². The van der Waals surface area contributed by atoms with E-state index in [2.05, 4.69) is 74.1 Å². The first-order valence-corrected chi connectivity index (χ1v) is 7.06. The minimum Gasteiger partial charge on any atom is -0.346 e. The van der Waals surface area contributed by atoms with Gasteiger partial charge >= 0.3 is 0 Å². The monoisotopic (exact) mass is 256 g/mol. The van der Waals surface area contributed by atoms with Crippen LogP contribution in [-0.2, 0) is 6.54 Å². The molecule has 1 aromatic heterocycles. The zero-order valence-electron chi connectivity index (χ0n) is 12.4. The normalized spacial score (nSPS) is 12.6. The smallest absolute Gasteiger partial charge is 0.0473 e. The molecule has 19 heavy (non-hydrogen) atoms. The highest BCUT2D eigenvalue weighted by molar-refractivity contribution is 5.30. The van der Waals surface area contributed by atoms with Crippen molar-refractivity contribution in [3.8, 4) is 0 Å². The Morgan fingerprint density at radius 2 is 1.95 bits per heavy atom. The van der Waals surface area contributed by atoms with E-state index >= 15 is 0 Å². The van der Waals surface area contributed by atoms with E-state index in [0.717, 1.165) is 13.1 Å². The van der Waals surface area contributed by atoms with Gasteiger partial charge in [0.1, 0.15) is 0 Å². The van der Waals surface area contributed by atoms with Crippen LogP contribution >= 0.6 is 0 Å². The molecule has 0 bridgehead atoms. The number of aryl methyl sites for hydroxylation is 2. The fourth-order valence-corrected chi connectivity index (χ4v) is 2.47. The Kier molecular flexibility index (Phi) is 4.43. The third-order valence-electron chi connectivity index (χ3n) is 3.74. The van der Waals surface area contributed by atoms with Crippen LogP contribution in [0.4, 0.5) is 0 Å². The molecule has 1 atom stereocenters. The lowest BCUT2D eigenvalue weighted by atomic mass is 10.1. The van der Waals surface area contributed by atoms with Crippen LogP contribution in [0.5, 0.6) is 0 Å². The molecular weight excluding hydrogens is 232 g/mol. The van der Waals surface area contributed by atoms with Crippen molar-refractivity contribution in [1.29, 1.82) is 0 Å². The Balaban J connectivity index is 2.19. The summed E-state index contributed by atoms with van der Waals surface area (Å²) in [5, 5.41) is 3.47. The van der Waals surface area contributed by atoms with Gasteiger partial charge in [0, 0.05) is 24.5 Å². The molecule has 0 fully saturated rings. The van der Waals surface area contributed by atoms with Crippen LogP contribution in [0.1, 0.15) is 42.3 Å². The Labute approximate surface area is 116 Å². The quantitative estimate of drug-likeness (QED) is 0.860. The molecule has 1 aromatic carbocycles. The fourth-order valence-electron chi connectivity index (χ4n) is 2.47. The lowest BCUT2D eigenvalue weighted by Crippen LogP contribution is -2.20. The van der Waals surface area contributed by atoms with Gasteiger partial charge in [-0.25, -0.2) is 0 Å². The number of nitrogens with one attached hydrogen (secondary N) is 1. The lowest BCUT2D eigenvalue weighted by Gasteiger charge is -2.17. The second-order valence-electron chi connectivity index (χ2n) is 5.26. The minimum atomic E-state index is 0.395. The highest BCUT2D eigenvalue weighted by Crippen LogP contribution is 2.17. The average Bonchev–Trinajstić information content (AvgIpc) is 2.82. The van der Waals surface area contributed by atoms with Crippen LogP contribution in [0.3, 0.4) is 0 Å². The van der Waals surface area contributed by atoms with Gasteiger partial charge in [0.05, 0.1) is 0 Å². The molecule has 0 radical (unpaired) electrons. The van der Waals surface area contributed by atoms with E-state index in [4.69, 9.17) is 0 Å². The zero-order valence-corrected chi connectivity index (χ0v) is 12.4. The first-order chi connectivity index (χ1) is 9.11. The van der Waals surface area contributed by atoms with E-state index in [1.54, 1.807) is 0 Å². The van der Waals surface area contributed by atoms with E-state index in [0.29, 0.717) is 6.04 Å². The van der Waals surface area contributed by atoms with Crippen molar-refractivity contribution in [2.45, 2.75) is 40.3 Å².